The van der Waals surface area contributed by atoms with E-state index in [1.54, 1.807) is 0 Å². The fourth-order valence-electron chi connectivity index (χ4n) is 2.68. The van der Waals surface area contributed by atoms with Crippen molar-refractivity contribution in [2.24, 2.45) is 7.05 Å². The molecule has 0 bridgehead atoms. The van der Waals surface area contributed by atoms with Gasteiger partial charge in [-0.3, -0.25) is 4.79 Å². The van der Waals surface area contributed by atoms with E-state index >= 15 is 0 Å². The van der Waals surface area contributed by atoms with Crippen molar-refractivity contribution in [1.29, 1.82) is 0 Å². The van der Waals surface area contributed by atoms with E-state index in [-0.39, 0.29) is 11.9 Å². The largest absolute Gasteiger partial charge is 0.342 e. The van der Waals surface area contributed by atoms with Crippen molar-refractivity contribution in [2.45, 2.75) is 19.9 Å². The van der Waals surface area contributed by atoms with Crippen LogP contribution >= 0.6 is 0 Å². The van der Waals surface area contributed by atoms with Gasteiger partial charge < -0.3 is 9.88 Å². The molecule has 0 radical (unpaired) electrons. The number of imidazole rings is 1. The minimum absolute atomic E-state index is 0.0803. The summed E-state index contributed by atoms with van der Waals surface area (Å²) in [6.07, 6.45) is 0. The van der Waals surface area contributed by atoms with Crippen LogP contribution in [0.2, 0.25) is 0 Å². The first-order chi connectivity index (χ1) is 10.6. The Balaban J connectivity index is 1.85. The summed E-state index contributed by atoms with van der Waals surface area (Å²) in [4.78, 5) is 17.0. The molecule has 0 unspecified atom stereocenters. The SMILES string of the molecule is Cc1cccc(C(=O)N[C@H](C)c2nc3ccccc3n2C)c1. The van der Waals surface area contributed by atoms with Crippen LogP contribution in [0.1, 0.15) is 34.7 Å². The first-order valence-corrected chi connectivity index (χ1v) is 7.35. The van der Waals surface area contributed by atoms with Gasteiger partial charge in [0, 0.05) is 12.6 Å². The highest BCUT2D eigenvalue weighted by atomic mass is 16.1. The molecule has 0 aliphatic heterocycles. The number of benzene rings is 2. The third kappa shape index (κ3) is 2.60. The molecule has 0 aliphatic carbocycles. The van der Waals surface area contributed by atoms with Crippen molar-refractivity contribution in [3.05, 3.63) is 65.5 Å². The van der Waals surface area contributed by atoms with Gasteiger partial charge in [-0.2, -0.15) is 0 Å². The number of para-hydroxylation sites is 2. The summed E-state index contributed by atoms with van der Waals surface area (Å²) >= 11 is 0. The molecule has 2 aromatic carbocycles. The van der Waals surface area contributed by atoms with Gasteiger partial charge in [-0.15, -0.1) is 0 Å². The van der Waals surface area contributed by atoms with Gasteiger partial charge in [-0.25, -0.2) is 4.98 Å². The lowest BCUT2D eigenvalue weighted by Crippen LogP contribution is -2.28. The second-order valence-corrected chi connectivity index (χ2v) is 5.58. The maximum atomic E-state index is 12.4. The molecule has 0 aliphatic rings. The lowest BCUT2D eigenvalue weighted by Gasteiger charge is -2.14. The number of carbonyl (C=O) groups is 1. The Labute approximate surface area is 129 Å². The predicted molar refractivity (Wildman–Crippen MR) is 87.8 cm³/mol. The van der Waals surface area contributed by atoms with E-state index in [0.717, 1.165) is 22.4 Å². The first-order valence-electron chi connectivity index (χ1n) is 7.35. The zero-order chi connectivity index (χ0) is 15.7. The Morgan fingerprint density at radius 3 is 2.68 bits per heavy atom. The molecule has 22 heavy (non-hydrogen) atoms. The minimum Gasteiger partial charge on any atom is -0.342 e. The lowest BCUT2D eigenvalue weighted by molar-refractivity contribution is 0.0938. The Hall–Kier alpha value is -2.62. The van der Waals surface area contributed by atoms with Gasteiger partial charge in [0.2, 0.25) is 0 Å². The highest BCUT2D eigenvalue weighted by molar-refractivity contribution is 5.94. The van der Waals surface area contributed by atoms with Crippen molar-refractivity contribution in [3.8, 4) is 0 Å². The topological polar surface area (TPSA) is 46.9 Å². The Kier molecular flexibility index (Phi) is 3.67. The fraction of sp³-hybridized carbons (Fsp3) is 0.222. The van der Waals surface area contributed by atoms with Gasteiger partial charge in [-0.1, -0.05) is 29.8 Å². The quantitative estimate of drug-likeness (QED) is 0.804. The zero-order valence-corrected chi connectivity index (χ0v) is 13.0. The summed E-state index contributed by atoms with van der Waals surface area (Å²) in [7, 11) is 1.97. The monoisotopic (exact) mass is 293 g/mol. The van der Waals surface area contributed by atoms with E-state index < -0.39 is 0 Å². The van der Waals surface area contributed by atoms with Crippen LogP contribution in [0, 0.1) is 6.92 Å². The number of nitrogens with zero attached hydrogens (tertiary/aromatic N) is 2. The van der Waals surface area contributed by atoms with E-state index in [1.165, 1.54) is 0 Å². The highest BCUT2D eigenvalue weighted by Gasteiger charge is 2.17. The van der Waals surface area contributed by atoms with Crippen LogP contribution in [0.4, 0.5) is 0 Å². The molecule has 1 amide bonds. The van der Waals surface area contributed by atoms with E-state index in [4.69, 9.17) is 0 Å². The van der Waals surface area contributed by atoms with Gasteiger partial charge in [0.25, 0.3) is 5.91 Å². The molecule has 1 atom stereocenters. The van der Waals surface area contributed by atoms with Crippen LogP contribution in [-0.2, 0) is 7.05 Å². The van der Waals surface area contributed by atoms with Crippen LogP contribution in [-0.4, -0.2) is 15.5 Å². The average molecular weight is 293 g/mol. The molecular formula is C18H19N3O. The number of hydrogen-bond acceptors (Lipinski definition) is 2. The van der Waals surface area contributed by atoms with Crippen molar-refractivity contribution < 1.29 is 4.79 Å². The van der Waals surface area contributed by atoms with E-state index in [2.05, 4.69) is 10.3 Å². The third-order valence-electron chi connectivity index (χ3n) is 3.84. The molecule has 1 N–H and O–H groups in total. The summed E-state index contributed by atoms with van der Waals surface area (Å²) in [5, 5.41) is 3.02. The van der Waals surface area contributed by atoms with Crippen molar-refractivity contribution in [1.82, 2.24) is 14.9 Å². The smallest absolute Gasteiger partial charge is 0.251 e. The molecular weight excluding hydrogens is 274 g/mol. The molecule has 4 nitrogen and oxygen atoms in total. The van der Waals surface area contributed by atoms with Crippen LogP contribution < -0.4 is 5.32 Å². The third-order valence-corrected chi connectivity index (χ3v) is 3.84. The molecule has 112 valence electrons. The van der Waals surface area contributed by atoms with Crippen molar-refractivity contribution in [2.75, 3.05) is 0 Å². The number of aryl methyl sites for hydroxylation is 2. The molecule has 0 spiro atoms. The second kappa shape index (κ2) is 5.64. The van der Waals surface area contributed by atoms with Crippen LogP contribution in [0.25, 0.3) is 11.0 Å². The number of nitrogens with one attached hydrogen (secondary N) is 1. The van der Waals surface area contributed by atoms with Gasteiger partial charge in [0.1, 0.15) is 5.82 Å². The Bertz CT molecular complexity index is 835. The summed E-state index contributed by atoms with van der Waals surface area (Å²) in [6, 6.07) is 15.4. The first kappa shape index (κ1) is 14.3. The van der Waals surface area contributed by atoms with Crippen LogP contribution in [0.5, 0.6) is 0 Å². The number of aromatic nitrogens is 2. The molecule has 3 aromatic rings. The Morgan fingerprint density at radius 1 is 1.18 bits per heavy atom. The molecule has 1 aromatic heterocycles. The van der Waals surface area contributed by atoms with Crippen LogP contribution in [0.3, 0.4) is 0 Å². The maximum Gasteiger partial charge on any atom is 0.251 e. The number of fused-ring (bicyclic) bond motifs is 1. The number of carbonyl (C=O) groups excluding carboxylic acids is 1. The summed E-state index contributed by atoms with van der Waals surface area (Å²) in [6.45, 7) is 3.93. The zero-order valence-electron chi connectivity index (χ0n) is 13.0. The minimum atomic E-state index is -0.162. The number of rotatable bonds is 3. The van der Waals surface area contributed by atoms with E-state index in [9.17, 15) is 4.79 Å². The predicted octanol–water partition coefficient (Wildman–Crippen LogP) is 3.37. The summed E-state index contributed by atoms with van der Waals surface area (Å²) in [5.74, 6) is 0.769. The molecule has 0 fully saturated rings. The van der Waals surface area contributed by atoms with E-state index in [1.807, 2.05) is 74.0 Å². The average Bonchev–Trinajstić information content (AvgIpc) is 2.85. The van der Waals surface area contributed by atoms with E-state index in [0.29, 0.717) is 5.56 Å². The second-order valence-electron chi connectivity index (χ2n) is 5.58. The van der Waals surface area contributed by atoms with Crippen molar-refractivity contribution in [3.63, 3.8) is 0 Å². The van der Waals surface area contributed by atoms with Gasteiger partial charge >= 0.3 is 0 Å². The fourth-order valence-corrected chi connectivity index (χ4v) is 2.68. The van der Waals surface area contributed by atoms with Gasteiger partial charge in [-0.05, 0) is 38.1 Å². The maximum absolute atomic E-state index is 12.4. The molecule has 3 rings (SSSR count). The highest BCUT2D eigenvalue weighted by Crippen LogP contribution is 2.19. The summed E-state index contributed by atoms with van der Waals surface area (Å²) < 4.78 is 2.02. The molecule has 0 saturated carbocycles. The van der Waals surface area contributed by atoms with Gasteiger partial charge in [0.05, 0.1) is 17.1 Å². The molecule has 1 heterocycles. The standard InChI is InChI=1S/C18H19N3O/c1-12-7-6-8-14(11-12)18(22)19-13(2)17-20-15-9-4-5-10-16(15)21(17)3/h4-11,13H,1-3H3,(H,19,22)/t13-/m1/s1. The van der Waals surface area contributed by atoms with Crippen molar-refractivity contribution >= 4 is 16.9 Å². The normalized spacial score (nSPS) is 12.3. The van der Waals surface area contributed by atoms with Gasteiger partial charge in [0.15, 0.2) is 0 Å². The number of amides is 1. The summed E-state index contributed by atoms with van der Waals surface area (Å²) in [5.41, 5.74) is 3.75. The lowest BCUT2D eigenvalue weighted by atomic mass is 10.1. The Morgan fingerprint density at radius 2 is 1.95 bits per heavy atom. The van der Waals surface area contributed by atoms with Crippen LogP contribution in [0.15, 0.2) is 48.5 Å². The number of hydrogen-bond donors (Lipinski definition) is 1. The molecule has 0 saturated heterocycles. The molecule has 4 heteroatoms.